The number of rotatable bonds is 12. The number of ether oxygens (including phenoxy) is 1. The molecule has 17 heavy (non-hydrogen) atoms. The highest BCUT2D eigenvalue weighted by Gasteiger charge is 2.08. The van der Waals surface area contributed by atoms with Crippen molar-refractivity contribution < 1.29 is 4.74 Å². The molecule has 0 saturated heterocycles. The number of halogens is 1. The van der Waals surface area contributed by atoms with E-state index in [9.17, 15) is 0 Å². The second-order valence-electron chi connectivity index (χ2n) is 5.01. The summed E-state index contributed by atoms with van der Waals surface area (Å²) < 4.78 is 4.74. The quantitative estimate of drug-likeness (QED) is 0.334. The first-order chi connectivity index (χ1) is 8.20. The second kappa shape index (κ2) is 12.7. The fraction of sp³-hybridized carbons (Fsp3) is 0.933. The third-order valence-electron chi connectivity index (χ3n) is 3.18. The number of alkyl halides is 1. The zero-order chi connectivity index (χ0) is 12.9. The lowest BCUT2D eigenvalue weighted by Crippen LogP contribution is -2.11. The van der Waals surface area contributed by atoms with Gasteiger partial charge in [-0.15, -0.1) is 11.6 Å². The van der Waals surface area contributed by atoms with Gasteiger partial charge in [0.1, 0.15) is 0 Å². The fourth-order valence-corrected chi connectivity index (χ4v) is 2.13. The van der Waals surface area contributed by atoms with E-state index in [1.807, 2.05) is 6.92 Å². The van der Waals surface area contributed by atoms with Gasteiger partial charge in [0, 0.05) is 5.38 Å². The first-order valence-corrected chi connectivity index (χ1v) is 7.60. The first kappa shape index (κ1) is 17.2. The van der Waals surface area contributed by atoms with Crippen LogP contribution in [0.3, 0.4) is 0 Å². The molecule has 0 aromatic rings. The molecule has 2 atom stereocenters. The summed E-state index contributed by atoms with van der Waals surface area (Å²) in [5, 5.41) is 0.196. The zero-order valence-corrected chi connectivity index (χ0v) is 12.3. The highest BCUT2D eigenvalue weighted by Crippen LogP contribution is 2.16. The van der Waals surface area contributed by atoms with Gasteiger partial charge in [0.25, 0.3) is 0 Å². The van der Waals surface area contributed by atoms with E-state index in [1.54, 1.807) is 0 Å². The lowest BCUT2D eigenvalue weighted by atomic mass is 10.0. The minimum Gasteiger partial charge on any atom is -0.362 e. The predicted molar refractivity (Wildman–Crippen MR) is 75.3 cm³/mol. The van der Waals surface area contributed by atoms with Gasteiger partial charge < -0.3 is 4.74 Å². The van der Waals surface area contributed by atoms with Crippen LogP contribution in [-0.4, -0.2) is 11.5 Å². The standard InChI is InChI=1S/C15H28ClO/c1-4-5-6-7-8-9-10-11-15(17-3)13-12-14(2)16/h14-15H,4-13H2,1-2H3. The lowest BCUT2D eigenvalue weighted by molar-refractivity contribution is 0.116. The third-order valence-corrected chi connectivity index (χ3v) is 3.40. The van der Waals surface area contributed by atoms with E-state index in [2.05, 4.69) is 6.92 Å². The summed E-state index contributed by atoms with van der Waals surface area (Å²) in [5.74, 6) is 0. The van der Waals surface area contributed by atoms with Crippen molar-refractivity contribution in [3.05, 3.63) is 7.11 Å². The molecular weight excluding hydrogens is 232 g/mol. The van der Waals surface area contributed by atoms with Crippen LogP contribution < -0.4 is 0 Å². The van der Waals surface area contributed by atoms with Gasteiger partial charge in [-0.1, -0.05) is 51.9 Å². The van der Waals surface area contributed by atoms with Crippen LogP contribution in [0.25, 0.3) is 0 Å². The molecule has 0 bridgehead atoms. The maximum atomic E-state index is 7.03. The van der Waals surface area contributed by atoms with Gasteiger partial charge in [0.15, 0.2) is 7.11 Å². The smallest absolute Gasteiger partial charge is 0.173 e. The van der Waals surface area contributed by atoms with E-state index in [-0.39, 0.29) is 11.5 Å². The third kappa shape index (κ3) is 12.5. The van der Waals surface area contributed by atoms with Crippen LogP contribution in [0.15, 0.2) is 0 Å². The maximum Gasteiger partial charge on any atom is 0.173 e. The molecular formula is C15H28ClO. The summed E-state index contributed by atoms with van der Waals surface area (Å²) >= 11 is 5.89. The van der Waals surface area contributed by atoms with Crippen molar-refractivity contribution in [1.29, 1.82) is 0 Å². The molecule has 101 valence electrons. The summed E-state index contributed by atoms with van der Waals surface area (Å²) in [7, 11) is 7.03. The Hall–Kier alpha value is 0.250. The molecule has 0 aliphatic carbocycles. The van der Waals surface area contributed by atoms with E-state index in [1.165, 1.54) is 44.9 Å². The van der Waals surface area contributed by atoms with Gasteiger partial charge in [-0.2, -0.15) is 0 Å². The molecule has 3 radical (unpaired) electrons. The summed E-state index contributed by atoms with van der Waals surface area (Å²) in [6.07, 6.45) is 12.2. The minimum atomic E-state index is 0.0897. The Morgan fingerprint density at radius 2 is 1.53 bits per heavy atom. The summed E-state index contributed by atoms with van der Waals surface area (Å²) in [6.45, 7) is 4.24. The number of hydrogen-bond acceptors (Lipinski definition) is 1. The Labute approximate surface area is 113 Å². The monoisotopic (exact) mass is 259 g/mol. The molecule has 0 aromatic carbocycles. The van der Waals surface area contributed by atoms with Gasteiger partial charge >= 0.3 is 0 Å². The van der Waals surface area contributed by atoms with Gasteiger partial charge in [-0.05, 0) is 26.2 Å². The molecule has 0 heterocycles. The van der Waals surface area contributed by atoms with Crippen molar-refractivity contribution in [3.63, 3.8) is 0 Å². The average molecular weight is 260 g/mol. The molecule has 0 N–H and O–H groups in total. The molecule has 0 saturated carbocycles. The SMILES string of the molecule is [C]OC(CCCCCCCCC)CCC(C)Cl. The molecule has 2 unspecified atom stereocenters. The van der Waals surface area contributed by atoms with Crippen LogP contribution in [0.2, 0.25) is 0 Å². The van der Waals surface area contributed by atoms with E-state index < -0.39 is 0 Å². The Balaban J connectivity index is 3.31. The highest BCUT2D eigenvalue weighted by molar-refractivity contribution is 6.20. The summed E-state index contributed by atoms with van der Waals surface area (Å²) in [4.78, 5) is 0. The molecule has 0 spiro atoms. The van der Waals surface area contributed by atoms with Gasteiger partial charge in [0.2, 0.25) is 0 Å². The fourth-order valence-electron chi connectivity index (χ4n) is 2.01. The van der Waals surface area contributed by atoms with Crippen molar-refractivity contribution in [1.82, 2.24) is 0 Å². The van der Waals surface area contributed by atoms with Crippen molar-refractivity contribution >= 4 is 11.6 Å². The Bertz CT molecular complexity index is 148. The highest BCUT2D eigenvalue weighted by atomic mass is 35.5. The molecule has 1 nitrogen and oxygen atoms in total. The van der Waals surface area contributed by atoms with E-state index in [0.29, 0.717) is 0 Å². The minimum absolute atomic E-state index is 0.0897. The molecule has 0 amide bonds. The van der Waals surface area contributed by atoms with Crippen LogP contribution in [0.5, 0.6) is 0 Å². The predicted octanol–water partition coefficient (Wildman–Crippen LogP) is 5.47. The van der Waals surface area contributed by atoms with Crippen molar-refractivity contribution in [3.8, 4) is 0 Å². The van der Waals surface area contributed by atoms with Crippen molar-refractivity contribution in [2.24, 2.45) is 0 Å². The number of hydrogen-bond donors (Lipinski definition) is 0. The van der Waals surface area contributed by atoms with Crippen LogP contribution >= 0.6 is 11.6 Å². The van der Waals surface area contributed by atoms with Crippen LogP contribution in [0, 0.1) is 7.11 Å². The molecule has 0 rings (SSSR count). The largest absolute Gasteiger partial charge is 0.362 e. The summed E-state index contributed by atoms with van der Waals surface area (Å²) in [6, 6.07) is 0. The average Bonchev–Trinajstić information content (AvgIpc) is 2.31. The molecule has 0 aliphatic rings. The topological polar surface area (TPSA) is 9.23 Å². The normalized spacial score (nSPS) is 14.8. The van der Waals surface area contributed by atoms with Crippen LogP contribution in [0.4, 0.5) is 0 Å². The molecule has 2 heteroatoms. The van der Waals surface area contributed by atoms with E-state index in [0.717, 1.165) is 19.3 Å². The Kier molecular flexibility index (Phi) is 12.9. The van der Waals surface area contributed by atoms with Crippen molar-refractivity contribution in [2.75, 3.05) is 0 Å². The van der Waals surface area contributed by atoms with Crippen LogP contribution in [0.1, 0.15) is 78.1 Å². The Morgan fingerprint density at radius 1 is 0.941 bits per heavy atom. The molecule has 0 aromatic heterocycles. The van der Waals surface area contributed by atoms with Gasteiger partial charge in [-0.25, -0.2) is 0 Å². The van der Waals surface area contributed by atoms with Crippen molar-refractivity contribution in [2.45, 2.75) is 89.5 Å². The first-order valence-electron chi connectivity index (χ1n) is 7.17. The molecule has 0 fully saturated rings. The lowest BCUT2D eigenvalue weighted by Gasteiger charge is -2.15. The Morgan fingerprint density at radius 3 is 2.06 bits per heavy atom. The maximum absolute atomic E-state index is 7.03. The summed E-state index contributed by atoms with van der Waals surface area (Å²) in [5.41, 5.74) is 0. The molecule has 0 aliphatic heterocycles. The van der Waals surface area contributed by atoms with Crippen LogP contribution in [-0.2, 0) is 4.74 Å². The number of unbranched alkanes of at least 4 members (excludes halogenated alkanes) is 6. The van der Waals surface area contributed by atoms with E-state index >= 15 is 0 Å². The second-order valence-corrected chi connectivity index (χ2v) is 5.75. The van der Waals surface area contributed by atoms with E-state index in [4.69, 9.17) is 23.4 Å². The van der Waals surface area contributed by atoms with Gasteiger partial charge in [-0.3, -0.25) is 0 Å². The zero-order valence-electron chi connectivity index (χ0n) is 11.5. The van der Waals surface area contributed by atoms with Gasteiger partial charge in [0.05, 0.1) is 6.10 Å².